The van der Waals surface area contributed by atoms with Crippen LogP contribution in [0.1, 0.15) is 11.3 Å². The molecule has 4 nitrogen and oxygen atoms in total. The van der Waals surface area contributed by atoms with E-state index < -0.39 is 0 Å². The van der Waals surface area contributed by atoms with Gasteiger partial charge < -0.3 is 4.98 Å². The van der Waals surface area contributed by atoms with Gasteiger partial charge in [0.2, 0.25) is 5.28 Å². The fourth-order valence-electron chi connectivity index (χ4n) is 2.38. The number of benzene rings is 1. The zero-order chi connectivity index (χ0) is 14.9. The fourth-order valence-corrected chi connectivity index (χ4v) is 3.36. The van der Waals surface area contributed by atoms with Crippen molar-refractivity contribution in [2.45, 2.75) is 6.42 Å². The van der Waals surface area contributed by atoms with Gasteiger partial charge in [0, 0.05) is 35.1 Å². The van der Waals surface area contributed by atoms with Crippen LogP contribution in [0.5, 0.6) is 0 Å². The van der Waals surface area contributed by atoms with Crippen molar-refractivity contribution >= 4 is 34.0 Å². The molecule has 0 aliphatic carbocycles. The molecule has 0 aliphatic heterocycles. The molecule has 0 saturated carbocycles. The summed E-state index contributed by atoms with van der Waals surface area (Å²) in [6.07, 6.45) is 4.47. The van der Waals surface area contributed by atoms with Crippen molar-refractivity contribution < 1.29 is 0 Å². The van der Waals surface area contributed by atoms with E-state index in [1.54, 1.807) is 17.5 Å². The number of aromatic amines is 1. The largest absolute Gasteiger partial charge is 0.345 e. The second kappa shape index (κ2) is 5.51. The molecule has 4 rings (SSSR count). The van der Waals surface area contributed by atoms with Gasteiger partial charge in [-0.05, 0) is 17.2 Å². The van der Waals surface area contributed by atoms with Crippen LogP contribution in [-0.2, 0) is 6.42 Å². The van der Waals surface area contributed by atoms with E-state index in [9.17, 15) is 0 Å². The first-order valence-electron chi connectivity index (χ1n) is 6.78. The predicted molar refractivity (Wildman–Crippen MR) is 89.3 cm³/mol. The number of H-pyrrole nitrogens is 1. The molecule has 0 fully saturated rings. The standard InChI is InChI=1S/C16H11ClN4S/c17-16-19-7-12-13(8-18-14(12)21-16)15-20-11(9-22-15)6-10-4-2-1-3-5-10/h1-5,7-9H,6H2,(H,18,19,21). The third kappa shape index (κ3) is 2.49. The van der Waals surface area contributed by atoms with Crippen molar-refractivity contribution in [2.24, 2.45) is 0 Å². The predicted octanol–water partition coefficient (Wildman–Crippen LogP) is 4.33. The number of aromatic nitrogens is 4. The maximum atomic E-state index is 5.81. The topological polar surface area (TPSA) is 54.5 Å². The van der Waals surface area contributed by atoms with E-state index in [2.05, 4.69) is 32.5 Å². The third-order valence-electron chi connectivity index (χ3n) is 3.41. The molecule has 3 aromatic heterocycles. The first kappa shape index (κ1) is 13.4. The number of rotatable bonds is 3. The van der Waals surface area contributed by atoms with Crippen LogP contribution in [0.25, 0.3) is 21.6 Å². The van der Waals surface area contributed by atoms with Gasteiger partial charge >= 0.3 is 0 Å². The number of nitrogens with one attached hydrogen (secondary N) is 1. The molecule has 6 heteroatoms. The lowest BCUT2D eigenvalue weighted by molar-refractivity contribution is 1.11. The maximum absolute atomic E-state index is 5.81. The number of hydrogen-bond donors (Lipinski definition) is 1. The fraction of sp³-hybridized carbons (Fsp3) is 0.0625. The molecular weight excluding hydrogens is 316 g/mol. The molecule has 0 bridgehead atoms. The van der Waals surface area contributed by atoms with Gasteiger partial charge in [0.15, 0.2) is 0 Å². The van der Waals surface area contributed by atoms with Crippen molar-refractivity contribution in [1.82, 2.24) is 19.9 Å². The van der Waals surface area contributed by atoms with E-state index in [0.717, 1.165) is 33.7 Å². The first-order chi connectivity index (χ1) is 10.8. The van der Waals surface area contributed by atoms with Gasteiger partial charge in [0.05, 0.1) is 5.69 Å². The Labute approximate surface area is 135 Å². The van der Waals surface area contributed by atoms with Gasteiger partial charge in [-0.15, -0.1) is 11.3 Å². The van der Waals surface area contributed by atoms with Gasteiger partial charge in [0.25, 0.3) is 0 Å². The Balaban J connectivity index is 1.68. The molecule has 108 valence electrons. The summed E-state index contributed by atoms with van der Waals surface area (Å²) < 4.78 is 0. The maximum Gasteiger partial charge on any atom is 0.224 e. The van der Waals surface area contributed by atoms with Gasteiger partial charge in [-0.1, -0.05) is 30.3 Å². The quantitative estimate of drug-likeness (QED) is 0.570. The SMILES string of the molecule is Clc1ncc2c(-c3nc(Cc4ccccc4)cs3)c[nH]c2n1. The summed E-state index contributed by atoms with van der Waals surface area (Å²) >= 11 is 7.44. The van der Waals surface area contributed by atoms with Gasteiger partial charge in [-0.2, -0.15) is 4.98 Å². The molecule has 0 spiro atoms. The van der Waals surface area contributed by atoms with E-state index in [-0.39, 0.29) is 5.28 Å². The lowest BCUT2D eigenvalue weighted by Gasteiger charge is -1.97. The minimum atomic E-state index is 0.241. The molecule has 3 heterocycles. The molecule has 0 atom stereocenters. The Bertz CT molecular complexity index is 930. The van der Waals surface area contributed by atoms with E-state index in [1.807, 2.05) is 24.4 Å². The van der Waals surface area contributed by atoms with E-state index in [0.29, 0.717) is 0 Å². The molecule has 0 unspecified atom stereocenters. The Morgan fingerprint density at radius 3 is 2.86 bits per heavy atom. The van der Waals surface area contributed by atoms with Crippen molar-refractivity contribution in [3.8, 4) is 10.6 Å². The molecule has 22 heavy (non-hydrogen) atoms. The van der Waals surface area contributed by atoms with Crippen LogP contribution in [0, 0.1) is 0 Å². The third-order valence-corrected chi connectivity index (χ3v) is 4.52. The van der Waals surface area contributed by atoms with E-state index in [1.165, 1.54) is 5.56 Å². The van der Waals surface area contributed by atoms with Crippen LogP contribution in [0.3, 0.4) is 0 Å². The van der Waals surface area contributed by atoms with Crippen molar-refractivity contribution in [2.75, 3.05) is 0 Å². The zero-order valence-electron chi connectivity index (χ0n) is 11.5. The second-order valence-corrected chi connectivity index (χ2v) is 6.11. The number of hydrogen-bond acceptors (Lipinski definition) is 4. The molecule has 1 aromatic carbocycles. The number of fused-ring (bicyclic) bond motifs is 1. The lowest BCUT2D eigenvalue weighted by Crippen LogP contribution is -1.87. The number of halogens is 1. The number of nitrogens with zero attached hydrogens (tertiary/aromatic N) is 3. The second-order valence-electron chi connectivity index (χ2n) is 4.91. The number of thiazole rings is 1. The summed E-state index contributed by atoms with van der Waals surface area (Å²) in [6.45, 7) is 0. The van der Waals surface area contributed by atoms with Gasteiger partial charge in [-0.25, -0.2) is 9.97 Å². The van der Waals surface area contributed by atoms with Crippen LogP contribution in [0.4, 0.5) is 0 Å². The van der Waals surface area contributed by atoms with Crippen molar-refractivity contribution in [1.29, 1.82) is 0 Å². The normalized spacial score (nSPS) is 11.1. The molecular formula is C16H11ClN4S. The Morgan fingerprint density at radius 1 is 1.14 bits per heavy atom. The highest BCUT2D eigenvalue weighted by molar-refractivity contribution is 7.13. The molecule has 0 amide bonds. The van der Waals surface area contributed by atoms with Crippen LogP contribution in [0.2, 0.25) is 5.28 Å². The van der Waals surface area contributed by atoms with Crippen molar-refractivity contribution in [3.63, 3.8) is 0 Å². The van der Waals surface area contributed by atoms with Crippen LogP contribution < -0.4 is 0 Å². The first-order valence-corrected chi connectivity index (χ1v) is 8.04. The van der Waals surface area contributed by atoms with Gasteiger partial charge in [-0.3, -0.25) is 0 Å². The summed E-state index contributed by atoms with van der Waals surface area (Å²) in [5.41, 5.74) is 4.06. The average Bonchev–Trinajstić information content (AvgIpc) is 3.14. The minimum absolute atomic E-state index is 0.241. The Kier molecular flexibility index (Phi) is 3.36. The summed E-state index contributed by atoms with van der Waals surface area (Å²) in [6, 6.07) is 10.3. The molecule has 4 aromatic rings. The summed E-state index contributed by atoms with van der Waals surface area (Å²) in [5.74, 6) is 0. The highest BCUT2D eigenvalue weighted by Gasteiger charge is 2.12. The van der Waals surface area contributed by atoms with Crippen LogP contribution in [0.15, 0.2) is 48.1 Å². The van der Waals surface area contributed by atoms with E-state index in [4.69, 9.17) is 16.6 Å². The van der Waals surface area contributed by atoms with Crippen molar-refractivity contribution in [3.05, 3.63) is 64.6 Å². The molecule has 0 saturated heterocycles. The molecule has 0 aliphatic rings. The Morgan fingerprint density at radius 2 is 2.00 bits per heavy atom. The van der Waals surface area contributed by atoms with E-state index >= 15 is 0 Å². The Hall–Kier alpha value is -2.24. The summed E-state index contributed by atoms with van der Waals surface area (Å²) in [7, 11) is 0. The van der Waals surface area contributed by atoms with Gasteiger partial charge in [0.1, 0.15) is 10.7 Å². The molecule has 1 N–H and O–H groups in total. The zero-order valence-corrected chi connectivity index (χ0v) is 13.0. The lowest BCUT2D eigenvalue weighted by atomic mass is 10.1. The summed E-state index contributed by atoms with van der Waals surface area (Å²) in [5, 5.41) is 4.23. The highest BCUT2D eigenvalue weighted by Crippen LogP contribution is 2.30. The highest BCUT2D eigenvalue weighted by atomic mass is 35.5. The van der Waals surface area contributed by atoms with Crippen LogP contribution in [-0.4, -0.2) is 19.9 Å². The van der Waals surface area contributed by atoms with Crippen LogP contribution >= 0.6 is 22.9 Å². The summed E-state index contributed by atoms with van der Waals surface area (Å²) in [4.78, 5) is 16.1. The smallest absolute Gasteiger partial charge is 0.224 e. The average molecular weight is 327 g/mol. The molecule has 0 radical (unpaired) electrons. The monoisotopic (exact) mass is 326 g/mol. The minimum Gasteiger partial charge on any atom is -0.345 e.